The van der Waals surface area contributed by atoms with Crippen molar-refractivity contribution in [1.29, 1.82) is 0 Å². The number of benzene rings is 2. The van der Waals surface area contributed by atoms with Gasteiger partial charge in [0.25, 0.3) is 0 Å². The number of hydrogen-bond donors (Lipinski definition) is 1. The molecule has 136 valence electrons. The molecule has 1 saturated heterocycles. The van der Waals surface area contributed by atoms with Crippen molar-refractivity contribution in [2.75, 3.05) is 32.8 Å². The predicted octanol–water partition coefficient (Wildman–Crippen LogP) is 4.62. The van der Waals surface area contributed by atoms with E-state index in [-0.39, 0.29) is 0 Å². The summed E-state index contributed by atoms with van der Waals surface area (Å²) < 4.78 is 6.08. The summed E-state index contributed by atoms with van der Waals surface area (Å²) >= 11 is 0. The van der Waals surface area contributed by atoms with Gasteiger partial charge in [-0.2, -0.15) is 0 Å². The van der Waals surface area contributed by atoms with E-state index in [9.17, 15) is 0 Å². The van der Waals surface area contributed by atoms with Crippen LogP contribution in [-0.4, -0.2) is 37.7 Å². The van der Waals surface area contributed by atoms with Crippen LogP contribution >= 0.6 is 0 Å². The number of ether oxygens (including phenoxy) is 1. The Balaban J connectivity index is 2.06. The number of piperazine rings is 1. The Morgan fingerprint density at radius 2 is 1.80 bits per heavy atom. The zero-order valence-electron chi connectivity index (χ0n) is 15.9. The molecule has 1 fully saturated rings. The fourth-order valence-corrected chi connectivity index (χ4v) is 3.90. The minimum Gasteiger partial charge on any atom is -0.494 e. The molecule has 3 rings (SSSR count). The van der Waals surface area contributed by atoms with Crippen LogP contribution in [0, 0.1) is 5.92 Å². The predicted molar refractivity (Wildman–Crippen MR) is 106 cm³/mol. The maximum atomic E-state index is 6.08. The molecular formula is C22H32N2O. The fraction of sp³-hybridized carbons (Fsp3) is 0.545. The van der Waals surface area contributed by atoms with Crippen LogP contribution in [0.4, 0.5) is 0 Å². The smallest absolute Gasteiger partial charge is 0.124 e. The molecule has 1 aliphatic rings. The lowest BCUT2D eigenvalue weighted by Gasteiger charge is -2.37. The quantitative estimate of drug-likeness (QED) is 0.796. The molecule has 0 amide bonds. The summed E-state index contributed by atoms with van der Waals surface area (Å²) in [5, 5.41) is 6.15. The number of rotatable bonds is 7. The van der Waals surface area contributed by atoms with Crippen molar-refractivity contribution >= 4 is 10.8 Å². The number of fused-ring (bicyclic) bond motifs is 1. The Morgan fingerprint density at radius 1 is 1.04 bits per heavy atom. The van der Waals surface area contributed by atoms with Crippen molar-refractivity contribution in [3.8, 4) is 5.75 Å². The van der Waals surface area contributed by atoms with Gasteiger partial charge in [-0.15, -0.1) is 0 Å². The lowest BCUT2D eigenvalue weighted by molar-refractivity contribution is 0.157. The zero-order chi connectivity index (χ0) is 17.6. The van der Waals surface area contributed by atoms with Gasteiger partial charge in [-0.1, -0.05) is 44.2 Å². The van der Waals surface area contributed by atoms with Gasteiger partial charge >= 0.3 is 0 Å². The highest BCUT2D eigenvalue weighted by Crippen LogP contribution is 2.39. The first-order chi connectivity index (χ1) is 12.2. The Morgan fingerprint density at radius 3 is 2.52 bits per heavy atom. The average Bonchev–Trinajstić information content (AvgIpc) is 2.64. The second-order valence-corrected chi connectivity index (χ2v) is 7.40. The Hall–Kier alpha value is -1.58. The zero-order valence-corrected chi connectivity index (χ0v) is 15.9. The molecule has 0 aromatic heterocycles. The van der Waals surface area contributed by atoms with Crippen molar-refractivity contribution in [2.24, 2.45) is 5.92 Å². The molecule has 1 atom stereocenters. The third kappa shape index (κ3) is 4.34. The Kier molecular flexibility index (Phi) is 6.33. The van der Waals surface area contributed by atoms with Crippen molar-refractivity contribution in [1.82, 2.24) is 10.2 Å². The first kappa shape index (κ1) is 18.2. The van der Waals surface area contributed by atoms with Crippen LogP contribution < -0.4 is 10.1 Å². The summed E-state index contributed by atoms with van der Waals surface area (Å²) in [7, 11) is 0. The summed E-state index contributed by atoms with van der Waals surface area (Å²) in [5.74, 6) is 1.78. The SMILES string of the molecule is CCOc1ccc2ccccc2c1[C@@H](CCC(C)C)N1CCNCC1. The van der Waals surface area contributed by atoms with Crippen molar-refractivity contribution < 1.29 is 4.74 Å². The Labute approximate surface area is 152 Å². The van der Waals surface area contributed by atoms with Crippen LogP contribution in [0.1, 0.15) is 45.2 Å². The van der Waals surface area contributed by atoms with E-state index in [2.05, 4.69) is 67.4 Å². The molecule has 0 aliphatic carbocycles. The molecule has 1 N–H and O–H groups in total. The van der Waals surface area contributed by atoms with Gasteiger partial charge in [0, 0.05) is 37.8 Å². The van der Waals surface area contributed by atoms with Gasteiger partial charge in [-0.05, 0) is 42.5 Å². The summed E-state index contributed by atoms with van der Waals surface area (Å²) in [5.41, 5.74) is 1.39. The molecule has 3 nitrogen and oxygen atoms in total. The lowest BCUT2D eigenvalue weighted by atomic mass is 9.91. The first-order valence-corrected chi connectivity index (χ1v) is 9.80. The van der Waals surface area contributed by atoms with Crippen LogP contribution in [-0.2, 0) is 0 Å². The third-order valence-corrected chi connectivity index (χ3v) is 5.17. The van der Waals surface area contributed by atoms with Crippen LogP contribution in [0.3, 0.4) is 0 Å². The maximum Gasteiger partial charge on any atom is 0.124 e. The van der Waals surface area contributed by atoms with Gasteiger partial charge in [0.1, 0.15) is 5.75 Å². The molecule has 25 heavy (non-hydrogen) atoms. The fourth-order valence-electron chi connectivity index (χ4n) is 3.90. The molecule has 1 aliphatic heterocycles. The van der Waals surface area contributed by atoms with Gasteiger partial charge in [0.05, 0.1) is 6.61 Å². The number of hydrogen-bond acceptors (Lipinski definition) is 3. The second-order valence-electron chi connectivity index (χ2n) is 7.40. The van der Waals surface area contributed by atoms with E-state index < -0.39 is 0 Å². The maximum absolute atomic E-state index is 6.08. The van der Waals surface area contributed by atoms with Gasteiger partial charge in [0.15, 0.2) is 0 Å². The highest BCUT2D eigenvalue weighted by Gasteiger charge is 2.26. The van der Waals surface area contributed by atoms with E-state index in [0.29, 0.717) is 12.6 Å². The Bertz CT molecular complexity index is 677. The molecule has 2 aromatic carbocycles. The topological polar surface area (TPSA) is 24.5 Å². The standard InChI is InChI=1S/C22H32N2O/c1-4-25-21-12-10-18-7-5-6-8-19(18)22(21)20(11-9-17(2)3)24-15-13-23-14-16-24/h5-8,10,12,17,20,23H,4,9,11,13-16H2,1-3H3/t20-/m1/s1. The van der Waals surface area contributed by atoms with Crippen LogP contribution in [0.5, 0.6) is 5.75 Å². The first-order valence-electron chi connectivity index (χ1n) is 9.80. The van der Waals surface area contributed by atoms with Gasteiger partial charge in [0.2, 0.25) is 0 Å². The summed E-state index contributed by atoms with van der Waals surface area (Å²) in [6, 6.07) is 13.5. The minimum absolute atomic E-state index is 0.428. The van der Waals surface area contributed by atoms with Crippen molar-refractivity contribution in [3.05, 3.63) is 42.0 Å². The monoisotopic (exact) mass is 340 g/mol. The van der Waals surface area contributed by atoms with Crippen LogP contribution in [0.2, 0.25) is 0 Å². The van der Waals surface area contributed by atoms with Gasteiger partial charge in [-0.25, -0.2) is 0 Å². The second kappa shape index (κ2) is 8.68. The molecule has 0 radical (unpaired) electrons. The van der Waals surface area contributed by atoms with E-state index in [1.165, 1.54) is 29.2 Å². The van der Waals surface area contributed by atoms with Gasteiger partial charge < -0.3 is 10.1 Å². The summed E-state index contributed by atoms with van der Waals surface area (Å²) in [6.07, 6.45) is 2.43. The molecule has 2 aromatic rings. The highest BCUT2D eigenvalue weighted by molar-refractivity contribution is 5.88. The number of nitrogens with one attached hydrogen (secondary N) is 1. The summed E-state index contributed by atoms with van der Waals surface area (Å²) in [6.45, 7) is 11.8. The lowest BCUT2D eigenvalue weighted by Crippen LogP contribution is -2.45. The van der Waals surface area contributed by atoms with E-state index in [4.69, 9.17) is 4.74 Å². The van der Waals surface area contributed by atoms with E-state index in [1.807, 2.05) is 0 Å². The van der Waals surface area contributed by atoms with Crippen molar-refractivity contribution in [3.63, 3.8) is 0 Å². The molecule has 0 unspecified atom stereocenters. The van der Waals surface area contributed by atoms with Crippen LogP contribution in [0.25, 0.3) is 10.8 Å². The molecule has 0 saturated carbocycles. The largest absolute Gasteiger partial charge is 0.494 e. The van der Waals surface area contributed by atoms with E-state index in [1.54, 1.807) is 0 Å². The molecule has 0 bridgehead atoms. The van der Waals surface area contributed by atoms with Crippen molar-refractivity contribution in [2.45, 2.75) is 39.7 Å². The van der Waals surface area contributed by atoms with E-state index >= 15 is 0 Å². The normalized spacial score (nSPS) is 17.1. The highest BCUT2D eigenvalue weighted by atomic mass is 16.5. The van der Waals surface area contributed by atoms with E-state index in [0.717, 1.165) is 37.8 Å². The summed E-state index contributed by atoms with van der Waals surface area (Å²) in [4.78, 5) is 2.66. The average molecular weight is 341 g/mol. The molecule has 1 heterocycles. The molecule has 0 spiro atoms. The molecular weight excluding hydrogens is 308 g/mol. The minimum atomic E-state index is 0.428. The van der Waals surface area contributed by atoms with Crippen LogP contribution in [0.15, 0.2) is 36.4 Å². The molecule has 3 heteroatoms. The third-order valence-electron chi connectivity index (χ3n) is 5.17. The van der Waals surface area contributed by atoms with Gasteiger partial charge in [-0.3, -0.25) is 4.90 Å². The number of nitrogens with zero attached hydrogens (tertiary/aromatic N) is 1.